The quantitative estimate of drug-likeness (QED) is 0.363. The number of amides is 1. The van der Waals surface area contributed by atoms with Crippen LogP contribution in [0.1, 0.15) is 27.0 Å². The number of aryl methyl sites for hydroxylation is 1. The lowest BCUT2D eigenvalue weighted by Crippen LogP contribution is -2.11. The fraction of sp³-hybridized carbons (Fsp3) is 0.154. The molecule has 0 fully saturated rings. The van der Waals surface area contributed by atoms with Gasteiger partial charge >= 0.3 is 0 Å². The van der Waals surface area contributed by atoms with Gasteiger partial charge in [-0.05, 0) is 60.0 Å². The predicted octanol–water partition coefficient (Wildman–Crippen LogP) is 5.73. The third-order valence-electron chi connectivity index (χ3n) is 5.07. The molecule has 0 atom stereocenters. The molecule has 0 aliphatic carbocycles. The van der Waals surface area contributed by atoms with Gasteiger partial charge in [-0.15, -0.1) is 0 Å². The SMILES string of the molecule is COc1cccc(Cn2cc(NC(=O)c3ccc(COc4cc(C)ccc4Cl)cc3)cn2)c1. The Morgan fingerprint density at radius 1 is 1.06 bits per heavy atom. The molecular weight excluding hydrogens is 438 g/mol. The van der Waals surface area contributed by atoms with Gasteiger partial charge in [0.05, 0.1) is 30.6 Å². The Labute approximate surface area is 197 Å². The average Bonchev–Trinajstić information content (AvgIpc) is 3.26. The third-order valence-corrected chi connectivity index (χ3v) is 5.38. The van der Waals surface area contributed by atoms with Crippen molar-refractivity contribution in [2.75, 3.05) is 12.4 Å². The molecule has 0 unspecified atom stereocenters. The van der Waals surface area contributed by atoms with Crippen LogP contribution in [-0.2, 0) is 13.2 Å². The molecule has 4 aromatic rings. The number of benzene rings is 3. The largest absolute Gasteiger partial charge is 0.497 e. The van der Waals surface area contributed by atoms with E-state index in [0.29, 0.717) is 35.2 Å². The smallest absolute Gasteiger partial charge is 0.255 e. The minimum Gasteiger partial charge on any atom is -0.497 e. The number of anilines is 1. The zero-order valence-electron chi connectivity index (χ0n) is 18.4. The number of ether oxygens (including phenoxy) is 2. The number of halogens is 1. The number of aromatic nitrogens is 2. The monoisotopic (exact) mass is 461 g/mol. The van der Waals surface area contributed by atoms with Crippen molar-refractivity contribution in [1.82, 2.24) is 9.78 Å². The summed E-state index contributed by atoms with van der Waals surface area (Å²) in [6, 6.07) is 20.7. The fourth-order valence-electron chi connectivity index (χ4n) is 3.31. The van der Waals surface area contributed by atoms with Crippen LogP contribution >= 0.6 is 11.6 Å². The average molecular weight is 462 g/mol. The Hall–Kier alpha value is -3.77. The van der Waals surface area contributed by atoms with Gasteiger partial charge in [0.15, 0.2) is 0 Å². The minimum atomic E-state index is -0.204. The summed E-state index contributed by atoms with van der Waals surface area (Å²) < 4.78 is 12.8. The van der Waals surface area contributed by atoms with Crippen molar-refractivity contribution in [2.24, 2.45) is 0 Å². The molecule has 1 aromatic heterocycles. The summed E-state index contributed by atoms with van der Waals surface area (Å²) in [7, 11) is 1.64. The van der Waals surface area contributed by atoms with E-state index in [2.05, 4.69) is 10.4 Å². The van der Waals surface area contributed by atoms with E-state index in [4.69, 9.17) is 21.1 Å². The lowest BCUT2D eigenvalue weighted by atomic mass is 10.1. The highest BCUT2D eigenvalue weighted by molar-refractivity contribution is 6.32. The molecular formula is C26H24ClN3O3. The van der Waals surface area contributed by atoms with Crippen LogP contribution in [0.3, 0.4) is 0 Å². The van der Waals surface area contributed by atoms with Crippen molar-refractivity contribution in [2.45, 2.75) is 20.1 Å². The van der Waals surface area contributed by atoms with Crippen LogP contribution in [0, 0.1) is 6.92 Å². The van der Waals surface area contributed by atoms with Crippen molar-refractivity contribution < 1.29 is 14.3 Å². The Morgan fingerprint density at radius 3 is 2.67 bits per heavy atom. The van der Waals surface area contributed by atoms with E-state index < -0.39 is 0 Å². The number of hydrogen-bond acceptors (Lipinski definition) is 4. The second kappa shape index (κ2) is 10.2. The van der Waals surface area contributed by atoms with Gasteiger partial charge in [0.25, 0.3) is 5.91 Å². The summed E-state index contributed by atoms with van der Waals surface area (Å²) >= 11 is 6.18. The summed E-state index contributed by atoms with van der Waals surface area (Å²) in [6.45, 7) is 2.92. The Balaban J connectivity index is 1.33. The number of rotatable bonds is 8. The Bertz CT molecular complexity index is 1250. The van der Waals surface area contributed by atoms with E-state index in [-0.39, 0.29) is 5.91 Å². The van der Waals surface area contributed by atoms with Crippen molar-refractivity contribution >= 4 is 23.2 Å². The highest BCUT2D eigenvalue weighted by atomic mass is 35.5. The van der Waals surface area contributed by atoms with Crippen LogP contribution in [0.4, 0.5) is 5.69 Å². The van der Waals surface area contributed by atoms with Crippen molar-refractivity contribution in [3.63, 3.8) is 0 Å². The second-order valence-corrected chi connectivity index (χ2v) is 8.06. The van der Waals surface area contributed by atoms with Crippen LogP contribution in [0.2, 0.25) is 5.02 Å². The summed E-state index contributed by atoms with van der Waals surface area (Å²) in [5.41, 5.74) is 4.25. The zero-order chi connectivity index (χ0) is 23.2. The van der Waals surface area contributed by atoms with Crippen LogP contribution in [0.15, 0.2) is 79.1 Å². The first-order chi connectivity index (χ1) is 16.0. The van der Waals surface area contributed by atoms with Gasteiger partial charge in [0.2, 0.25) is 0 Å². The van der Waals surface area contributed by atoms with E-state index in [9.17, 15) is 4.79 Å². The Kier molecular flexibility index (Phi) is 6.95. The van der Waals surface area contributed by atoms with Crippen molar-refractivity contribution in [1.29, 1.82) is 0 Å². The van der Waals surface area contributed by atoms with Gasteiger partial charge in [0, 0.05) is 11.8 Å². The maximum atomic E-state index is 12.6. The number of hydrogen-bond donors (Lipinski definition) is 1. The Morgan fingerprint density at radius 2 is 1.88 bits per heavy atom. The third kappa shape index (κ3) is 5.93. The first-order valence-corrected chi connectivity index (χ1v) is 10.8. The number of carbonyl (C=O) groups excluding carboxylic acids is 1. The van der Waals surface area contributed by atoms with Crippen LogP contribution < -0.4 is 14.8 Å². The van der Waals surface area contributed by atoms with Gasteiger partial charge in [-0.25, -0.2) is 0 Å². The summed E-state index contributed by atoms with van der Waals surface area (Å²) in [4.78, 5) is 12.6. The standard InChI is InChI=1S/C26H24ClN3O3/c1-18-6-11-24(27)25(12-18)33-17-19-7-9-21(10-8-19)26(31)29-22-14-28-30(16-22)15-20-4-3-5-23(13-20)32-2/h3-14,16H,15,17H2,1-2H3,(H,29,31). The molecule has 6 nitrogen and oxygen atoms in total. The lowest BCUT2D eigenvalue weighted by molar-refractivity contribution is 0.102. The number of carbonyl (C=O) groups is 1. The molecule has 0 radical (unpaired) electrons. The minimum absolute atomic E-state index is 0.204. The van der Waals surface area contributed by atoms with Crippen LogP contribution in [0.25, 0.3) is 0 Å². The predicted molar refractivity (Wildman–Crippen MR) is 129 cm³/mol. The van der Waals surface area contributed by atoms with E-state index in [1.807, 2.05) is 61.5 Å². The molecule has 0 aliphatic rings. The summed E-state index contributed by atoms with van der Waals surface area (Å²) in [6.07, 6.45) is 3.43. The van der Waals surface area contributed by atoms with Gasteiger partial charge in [-0.2, -0.15) is 5.10 Å². The molecule has 0 saturated heterocycles. The van der Waals surface area contributed by atoms with E-state index in [1.165, 1.54) is 0 Å². The molecule has 1 N–H and O–H groups in total. The number of nitrogens with one attached hydrogen (secondary N) is 1. The van der Waals surface area contributed by atoms with E-state index in [0.717, 1.165) is 22.4 Å². The second-order valence-electron chi connectivity index (χ2n) is 7.65. The highest BCUT2D eigenvalue weighted by Gasteiger charge is 2.09. The highest BCUT2D eigenvalue weighted by Crippen LogP contribution is 2.26. The topological polar surface area (TPSA) is 65.4 Å². The molecule has 0 saturated carbocycles. The molecule has 0 bridgehead atoms. The van der Waals surface area contributed by atoms with Crippen LogP contribution in [-0.4, -0.2) is 22.8 Å². The molecule has 1 heterocycles. The summed E-state index contributed by atoms with van der Waals surface area (Å²) in [5.74, 6) is 1.23. The lowest BCUT2D eigenvalue weighted by Gasteiger charge is -2.09. The molecule has 1 amide bonds. The maximum absolute atomic E-state index is 12.6. The number of methoxy groups -OCH3 is 1. The van der Waals surface area contributed by atoms with Gasteiger partial charge in [-0.3, -0.25) is 9.48 Å². The van der Waals surface area contributed by atoms with Crippen molar-refractivity contribution in [3.8, 4) is 11.5 Å². The molecule has 0 aliphatic heterocycles. The number of nitrogens with zero attached hydrogens (tertiary/aromatic N) is 2. The zero-order valence-corrected chi connectivity index (χ0v) is 19.2. The summed E-state index contributed by atoms with van der Waals surface area (Å²) in [5, 5.41) is 7.78. The maximum Gasteiger partial charge on any atom is 0.255 e. The molecule has 168 valence electrons. The molecule has 0 spiro atoms. The van der Waals surface area contributed by atoms with E-state index >= 15 is 0 Å². The fourth-order valence-corrected chi connectivity index (χ4v) is 3.48. The first kappa shape index (κ1) is 22.4. The van der Waals surface area contributed by atoms with Gasteiger partial charge < -0.3 is 14.8 Å². The molecule has 4 rings (SSSR count). The first-order valence-electron chi connectivity index (χ1n) is 10.4. The molecule has 33 heavy (non-hydrogen) atoms. The molecule has 3 aromatic carbocycles. The van der Waals surface area contributed by atoms with Crippen LogP contribution in [0.5, 0.6) is 11.5 Å². The van der Waals surface area contributed by atoms with Crippen molar-refractivity contribution in [3.05, 3.63) is 106 Å². The molecule has 7 heteroatoms. The normalized spacial score (nSPS) is 10.6. The van der Waals surface area contributed by atoms with E-state index in [1.54, 1.807) is 36.3 Å². The van der Waals surface area contributed by atoms with Gasteiger partial charge in [-0.1, -0.05) is 41.9 Å². The van der Waals surface area contributed by atoms with Gasteiger partial charge in [0.1, 0.15) is 18.1 Å².